The van der Waals surface area contributed by atoms with E-state index < -0.39 is 0 Å². The lowest BCUT2D eigenvalue weighted by atomic mass is 9.94. The Morgan fingerprint density at radius 1 is 1.38 bits per heavy atom. The Labute approximate surface area is 146 Å². The maximum absolute atomic E-state index is 12.1. The van der Waals surface area contributed by atoms with Crippen LogP contribution in [0.2, 0.25) is 0 Å². The smallest absolute Gasteiger partial charge is 0.309 e. The van der Waals surface area contributed by atoms with Crippen LogP contribution in [0.4, 0.5) is 0 Å². The highest BCUT2D eigenvalue weighted by atomic mass is 32.2. The molecule has 1 saturated carbocycles. The Morgan fingerprint density at radius 3 is 2.79 bits per heavy atom. The predicted octanol–water partition coefficient (Wildman–Crippen LogP) is 2.28. The molecule has 1 atom stereocenters. The quantitative estimate of drug-likeness (QED) is 0.796. The van der Waals surface area contributed by atoms with Gasteiger partial charge in [-0.25, -0.2) is 4.98 Å². The molecule has 1 amide bonds. The molecule has 0 aromatic carbocycles. The number of hydrogen-bond acceptors (Lipinski definition) is 5. The summed E-state index contributed by atoms with van der Waals surface area (Å²) in [5.41, 5.74) is 0. The van der Waals surface area contributed by atoms with Crippen LogP contribution in [0.25, 0.3) is 0 Å². The topological polar surface area (TPSA) is 73.2 Å². The lowest BCUT2D eigenvalue weighted by Gasteiger charge is -2.28. The fourth-order valence-electron chi connectivity index (χ4n) is 3.34. The minimum absolute atomic E-state index is 0.0647. The number of nitrogens with one attached hydrogen (secondary N) is 1. The number of imidazole rings is 1. The van der Waals surface area contributed by atoms with Crippen molar-refractivity contribution in [3.05, 3.63) is 12.4 Å². The molecular weight excluding hydrogens is 326 g/mol. The molecule has 1 aromatic heterocycles. The van der Waals surface area contributed by atoms with Gasteiger partial charge in [-0.05, 0) is 38.5 Å². The number of hydrogen-bond donors (Lipinski definition) is 1. The molecule has 2 aliphatic rings. The summed E-state index contributed by atoms with van der Waals surface area (Å²) in [5, 5.41) is 4.76. The Kier molecular flexibility index (Phi) is 5.81. The normalized spacial score (nSPS) is 27.0. The fourth-order valence-corrected chi connectivity index (χ4v) is 4.50. The van der Waals surface area contributed by atoms with E-state index in [1.807, 2.05) is 35.8 Å². The van der Waals surface area contributed by atoms with Crippen molar-refractivity contribution < 1.29 is 14.3 Å². The van der Waals surface area contributed by atoms with E-state index in [-0.39, 0.29) is 23.8 Å². The van der Waals surface area contributed by atoms with E-state index >= 15 is 0 Å². The zero-order chi connectivity index (χ0) is 16.9. The number of aromatic nitrogens is 2. The summed E-state index contributed by atoms with van der Waals surface area (Å²) in [6.07, 6.45) is 9.79. The van der Waals surface area contributed by atoms with Crippen LogP contribution < -0.4 is 5.32 Å². The van der Waals surface area contributed by atoms with Gasteiger partial charge < -0.3 is 14.6 Å². The van der Waals surface area contributed by atoms with E-state index in [0.29, 0.717) is 24.7 Å². The van der Waals surface area contributed by atoms with Crippen LogP contribution in [-0.2, 0) is 21.4 Å². The van der Waals surface area contributed by atoms with Gasteiger partial charge in [0.05, 0.1) is 12.5 Å². The number of carbonyl (C=O) groups is 2. The maximum atomic E-state index is 12.1. The van der Waals surface area contributed by atoms with Crippen LogP contribution in [0.15, 0.2) is 17.6 Å². The highest BCUT2D eigenvalue weighted by molar-refractivity contribution is 7.99. The minimum atomic E-state index is -0.144. The Bertz CT molecular complexity index is 581. The van der Waals surface area contributed by atoms with Crippen molar-refractivity contribution in [2.75, 3.05) is 6.61 Å². The van der Waals surface area contributed by atoms with Gasteiger partial charge in [-0.3, -0.25) is 9.59 Å². The molecule has 2 heterocycles. The van der Waals surface area contributed by atoms with E-state index in [0.717, 1.165) is 37.3 Å². The molecule has 0 radical (unpaired) electrons. The molecule has 7 heteroatoms. The summed E-state index contributed by atoms with van der Waals surface area (Å²) in [6.45, 7) is 0.503. The number of esters is 1. The third-order valence-electron chi connectivity index (χ3n) is 4.85. The average Bonchev–Trinajstić information content (AvgIpc) is 3.16. The summed E-state index contributed by atoms with van der Waals surface area (Å²) < 4.78 is 6.98. The molecule has 2 fully saturated rings. The molecule has 1 N–H and O–H groups in total. The van der Waals surface area contributed by atoms with Crippen molar-refractivity contribution >= 4 is 23.6 Å². The number of rotatable bonds is 6. The molecule has 1 saturated heterocycles. The van der Waals surface area contributed by atoms with Crippen molar-refractivity contribution in [2.24, 2.45) is 13.0 Å². The fraction of sp³-hybridized carbons (Fsp3) is 0.706. The summed E-state index contributed by atoms with van der Waals surface area (Å²) >= 11 is 1.83. The molecule has 3 rings (SSSR count). The van der Waals surface area contributed by atoms with Gasteiger partial charge in [-0.15, -0.1) is 0 Å². The molecule has 6 nitrogen and oxygen atoms in total. The molecule has 1 aliphatic carbocycles. The third-order valence-corrected chi connectivity index (χ3v) is 6.26. The average molecular weight is 351 g/mol. The highest BCUT2D eigenvalue weighted by Gasteiger charge is 2.28. The van der Waals surface area contributed by atoms with E-state index in [1.165, 1.54) is 0 Å². The van der Waals surface area contributed by atoms with Crippen LogP contribution in [0.5, 0.6) is 0 Å². The van der Waals surface area contributed by atoms with Crippen LogP contribution >= 0.6 is 11.8 Å². The third kappa shape index (κ3) is 4.53. The molecule has 1 unspecified atom stereocenters. The number of amides is 1. The standard InChI is InChI=1S/C17H25N3O3S/c1-20-10-9-18-17(20)24-14-5-3-13(4-6-14)19-15(21)7-2-12-8-11-23-16(12)22/h9-10,12-14H,2-8,11H2,1H3,(H,19,21). The molecular formula is C17H25N3O3S. The predicted molar refractivity (Wildman–Crippen MR) is 91.6 cm³/mol. The first-order valence-corrected chi connectivity index (χ1v) is 9.60. The SMILES string of the molecule is Cn1ccnc1SC1CCC(NC(=O)CCC2CCOC2=O)CC1. The summed E-state index contributed by atoms with van der Waals surface area (Å²) in [6, 6.07) is 0.270. The molecule has 0 bridgehead atoms. The van der Waals surface area contributed by atoms with Crippen LogP contribution in [0.3, 0.4) is 0 Å². The molecule has 1 aliphatic heterocycles. The number of cyclic esters (lactones) is 1. The van der Waals surface area contributed by atoms with Crippen LogP contribution in [-0.4, -0.2) is 39.3 Å². The van der Waals surface area contributed by atoms with Gasteiger partial charge in [-0.1, -0.05) is 11.8 Å². The summed E-state index contributed by atoms with van der Waals surface area (Å²) in [4.78, 5) is 27.8. The Morgan fingerprint density at radius 2 is 2.17 bits per heavy atom. The number of thioether (sulfide) groups is 1. The van der Waals surface area contributed by atoms with Crippen molar-refractivity contribution in [2.45, 2.75) is 61.4 Å². The van der Waals surface area contributed by atoms with Crippen LogP contribution in [0, 0.1) is 5.92 Å². The molecule has 132 valence electrons. The van der Waals surface area contributed by atoms with Gasteiger partial charge in [0.15, 0.2) is 5.16 Å². The Hall–Kier alpha value is -1.50. The Balaban J connectivity index is 1.35. The molecule has 24 heavy (non-hydrogen) atoms. The highest BCUT2D eigenvalue weighted by Crippen LogP contribution is 2.32. The zero-order valence-electron chi connectivity index (χ0n) is 14.1. The van der Waals surface area contributed by atoms with Gasteiger partial charge in [-0.2, -0.15) is 0 Å². The van der Waals surface area contributed by atoms with E-state index in [2.05, 4.69) is 10.3 Å². The number of aryl methyl sites for hydroxylation is 1. The lowest BCUT2D eigenvalue weighted by Crippen LogP contribution is -2.38. The molecule has 0 spiro atoms. The summed E-state index contributed by atoms with van der Waals surface area (Å²) in [5.74, 6) is -0.162. The van der Waals surface area contributed by atoms with Crippen molar-refractivity contribution in [3.8, 4) is 0 Å². The van der Waals surface area contributed by atoms with Gasteiger partial charge in [0, 0.05) is 37.2 Å². The first-order valence-electron chi connectivity index (χ1n) is 8.72. The maximum Gasteiger partial charge on any atom is 0.309 e. The summed E-state index contributed by atoms with van der Waals surface area (Å²) in [7, 11) is 2.02. The first-order chi connectivity index (χ1) is 11.6. The minimum Gasteiger partial charge on any atom is -0.465 e. The zero-order valence-corrected chi connectivity index (χ0v) is 14.9. The van der Waals surface area contributed by atoms with Gasteiger partial charge in [0.2, 0.25) is 5.91 Å². The van der Waals surface area contributed by atoms with Crippen molar-refractivity contribution in [3.63, 3.8) is 0 Å². The second kappa shape index (κ2) is 8.05. The van der Waals surface area contributed by atoms with E-state index in [4.69, 9.17) is 4.74 Å². The van der Waals surface area contributed by atoms with Crippen LogP contribution in [0.1, 0.15) is 44.9 Å². The molecule has 1 aromatic rings. The van der Waals surface area contributed by atoms with Crippen molar-refractivity contribution in [1.82, 2.24) is 14.9 Å². The number of nitrogens with zero attached hydrogens (tertiary/aromatic N) is 2. The van der Waals surface area contributed by atoms with Gasteiger partial charge >= 0.3 is 5.97 Å². The first kappa shape index (κ1) is 17.3. The largest absolute Gasteiger partial charge is 0.465 e. The van der Waals surface area contributed by atoms with Gasteiger partial charge in [0.25, 0.3) is 0 Å². The van der Waals surface area contributed by atoms with Crippen molar-refractivity contribution in [1.29, 1.82) is 0 Å². The second-order valence-electron chi connectivity index (χ2n) is 6.67. The van der Waals surface area contributed by atoms with E-state index in [1.54, 1.807) is 0 Å². The van der Waals surface area contributed by atoms with E-state index in [9.17, 15) is 9.59 Å². The number of ether oxygens (including phenoxy) is 1. The number of carbonyl (C=O) groups excluding carboxylic acids is 2. The monoisotopic (exact) mass is 351 g/mol. The lowest BCUT2D eigenvalue weighted by molar-refractivity contribution is -0.141. The van der Waals surface area contributed by atoms with Gasteiger partial charge in [0.1, 0.15) is 0 Å². The second-order valence-corrected chi connectivity index (χ2v) is 7.94.